The van der Waals surface area contributed by atoms with Gasteiger partial charge in [0.15, 0.2) is 0 Å². The minimum absolute atomic E-state index is 0. The second-order valence-electron chi connectivity index (χ2n) is 0. The fraction of sp³-hybridized carbons (Fsp3) is 0. The van der Waals surface area contributed by atoms with Gasteiger partial charge in [-0.3, -0.25) is 0 Å². The molecular formula is C8H16Li2. The Morgan fingerprint density at radius 3 is 0.300 bits per heavy atom. The first-order chi connectivity index (χ1) is 4.00. The molecule has 0 rings (SSSR count). The maximum Gasteiger partial charge on any atom is 0 e. The molecule has 0 N–H and O–H groups in total. The molecule has 0 spiro atoms. The molecule has 0 bridgehead atoms. The van der Waals surface area contributed by atoms with Crippen LogP contribution >= 0.6 is 0 Å². The molecule has 0 aromatic carbocycles. The quantitative estimate of drug-likeness (QED) is 0.345. The van der Waals surface area contributed by atoms with Gasteiger partial charge >= 0.3 is 0 Å². The summed E-state index contributed by atoms with van der Waals surface area (Å²) in [6.07, 6.45) is 0. The molecule has 0 aliphatic carbocycles. The van der Waals surface area contributed by atoms with Gasteiger partial charge in [0.25, 0.3) is 0 Å². The summed E-state index contributed by atoms with van der Waals surface area (Å²) in [6, 6.07) is 0. The third kappa shape index (κ3) is 17400. The van der Waals surface area contributed by atoms with E-state index in [0.29, 0.717) is 0 Å². The smallest absolute Gasteiger partial charge is 0 e. The SMILES string of the molecule is C=C.C=C.C=C.C=C.[Li].[Li]. The topological polar surface area (TPSA) is 0 Å². The molecule has 0 saturated carbocycles. The van der Waals surface area contributed by atoms with Crippen LogP contribution in [-0.4, -0.2) is 37.7 Å². The summed E-state index contributed by atoms with van der Waals surface area (Å²) in [6.45, 7) is 24.0. The van der Waals surface area contributed by atoms with Crippen molar-refractivity contribution in [2.75, 3.05) is 0 Å². The first kappa shape index (κ1) is 49.3. The molecule has 0 atom stereocenters. The fourth-order valence-electron chi connectivity index (χ4n) is 0. The van der Waals surface area contributed by atoms with Gasteiger partial charge in [-0.05, 0) is 0 Å². The third-order valence-corrected chi connectivity index (χ3v) is 0. The average Bonchev–Trinajstić information content (AvgIpc) is 2.03. The van der Waals surface area contributed by atoms with Crippen LogP contribution in [0.1, 0.15) is 0 Å². The maximum absolute atomic E-state index is 3.00. The van der Waals surface area contributed by atoms with Crippen molar-refractivity contribution in [3.8, 4) is 0 Å². The van der Waals surface area contributed by atoms with Crippen molar-refractivity contribution in [2.45, 2.75) is 0 Å². The van der Waals surface area contributed by atoms with Gasteiger partial charge < -0.3 is 0 Å². The summed E-state index contributed by atoms with van der Waals surface area (Å²) in [7, 11) is 0. The van der Waals surface area contributed by atoms with Gasteiger partial charge in [-0.1, -0.05) is 0 Å². The summed E-state index contributed by atoms with van der Waals surface area (Å²) in [5.74, 6) is 0. The summed E-state index contributed by atoms with van der Waals surface area (Å²) < 4.78 is 0. The molecule has 0 heterocycles. The van der Waals surface area contributed by atoms with Crippen LogP contribution in [0.5, 0.6) is 0 Å². The van der Waals surface area contributed by atoms with Crippen LogP contribution in [0.15, 0.2) is 52.6 Å². The number of hydrogen-bond acceptors (Lipinski definition) is 0. The molecule has 0 saturated heterocycles. The van der Waals surface area contributed by atoms with E-state index in [2.05, 4.69) is 52.6 Å². The Morgan fingerprint density at radius 2 is 0.300 bits per heavy atom. The molecule has 0 aromatic heterocycles. The molecule has 50 valence electrons. The zero-order chi connectivity index (χ0) is 8.00. The fourth-order valence-corrected chi connectivity index (χ4v) is 0. The maximum atomic E-state index is 3.00. The van der Waals surface area contributed by atoms with Gasteiger partial charge in [0.2, 0.25) is 0 Å². The summed E-state index contributed by atoms with van der Waals surface area (Å²) >= 11 is 0. The second kappa shape index (κ2) is 25400. The largest absolute Gasteiger partial charge is 0.106 e. The second-order valence-corrected chi connectivity index (χ2v) is 0. The Morgan fingerprint density at radius 1 is 0.300 bits per heavy atom. The van der Waals surface area contributed by atoms with E-state index in [1.54, 1.807) is 0 Å². The Kier molecular flexibility index (Phi) is 125000. The van der Waals surface area contributed by atoms with Gasteiger partial charge in [0.1, 0.15) is 0 Å². The molecule has 0 aromatic rings. The van der Waals surface area contributed by atoms with E-state index in [9.17, 15) is 0 Å². The van der Waals surface area contributed by atoms with Gasteiger partial charge in [-0.25, -0.2) is 0 Å². The minimum atomic E-state index is 0. The first-order valence-electron chi connectivity index (χ1n) is 2.00. The Labute approximate surface area is 90.1 Å². The molecule has 0 aliphatic rings. The molecule has 2 radical (unpaired) electrons. The predicted molar refractivity (Wildman–Crippen MR) is 56.5 cm³/mol. The van der Waals surface area contributed by atoms with Crippen LogP contribution in [0, 0.1) is 0 Å². The van der Waals surface area contributed by atoms with Gasteiger partial charge in [0.05, 0.1) is 0 Å². The zero-order valence-electron chi connectivity index (χ0n) is 7.66. The summed E-state index contributed by atoms with van der Waals surface area (Å²) in [4.78, 5) is 0. The Bertz CT molecular complexity index is 15.2. The van der Waals surface area contributed by atoms with Crippen molar-refractivity contribution >= 4 is 37.7 Å². The number of hydrogen-bond donors (Lipinski definition) is 0. The van der Waals surface area contributed by atoms with Gasteiger partial charge in [-0.2, -0.15) is 0 Å². The molecule has 0 nitrogen and oxygen atoms in total. The van der Waals surface area contributed by atoms with Crippen LogP contribution in [0.4, 0.5) is 0 Å². The normalized spacial score (nSPS) is 1.60. The summed E-state index contributed by atoms with van der Waals surface area (Å²) in [5, 5.41) is 0. The van der Waals surface area contributed by atoms with Crippen LogP contribution in [0.3, 0.4) is 0 Å². The Balaban J connectivity index is -0.00000000500. The van der Waals surface area contributed by atoms with E-state index in [1.807, 2.05) is 0 Å². The van der Waals surface area contributed by atoms with Crippen molar-refractivity contribution in [2.24, 2.45) is 0 Å². The zero-order valence-corrected chi connectivity index (χ0v) is 7.66. The molecule has 0 aliphatic heterocycles. The van der Waals surface area contributed by atoms with E-state index >= 15 is 0 Å². The predicted octanol–water partition coefficient (Wildman–Crippen LogP) is 2.45. The number of rotatable bonds is 0. The van der Waals surface area contributed by atoms with Crippen molar-refractivity contribution in [3.63, 3.8) is 0 Å². The van der Waals surface area contributed by atoms with Crippen LogP contribution in [0.2, 0.25) is 0 Å². The van der Waals surface area contributed by atoms with Crippen molar-refractivity contribution in [1.82, 2.24) is 0 Å². The third-order valence-electron chi connectivity index (χ3n) is 0. The van der Waals surface area contributed by atoms with Crippen LogP contribution < -0.4 is 0 Å². The molecule has 10 heavy (non-hydrogen) atoms. The molecule has 0 fully saturated rings. The minimum Gasteiger partial charge on any atom is -0.106 e. The molecule has 0 amide bonds. The average molecular weight is 126 g/mol. The molecule has 2 heteroatoms. The standard InChI is InChI=1S/4C2H4.2Li/c4*1-2;;/h4*1-2H2;;. The van der Waals surface area contributed by atoms with Crippen LogP contribution in [0.25, 0.3) is 0 Å². The van der Waals surface area contributed by atoms with E-state index in [-0.39, 0.29) is 37.7 Å². The van der Waals surface area contributed by atoms with Crippen LogP contribution in [-0.2, 0) is 0 Å². The van der Waals surface area contributed by atoms with Gasteiger partial charge in [0, 0.05) is 37.7 Å². The monoisotopic (exact) mass is 126 g/mol. The van der Waals surface area contributed by atoms with Crippen molar-refractivity contribution in [3.05, 3.63) is 52.6 Å². The van der Waals surface area contributed by atoms with Crippen molar-refractivity contribution < 1.29 is 0 Å². The molecular weight excluding hydrogens is 110 g/mol. The Hall–Kier alpha value is 0.155. The van der Waals surface area contributed by atoms with E-state index in [0.717, 1.165) is 0 Å². The van der Waals surface area contributed by atoms with E-state index in [1.165, 1.54) is 0 Å². The van der Waals surface area contributed by atoms with E-state index < -0.39 is 0 Å². The molecule has 0 unspecified atom stereocenters. The first-order valence-corrected chi connectivity index (χ1v) is 2.00. The van der Waals surface area contributed by atoms with Crippen molar-refractivity contribution in [1.29, 1.82) is 0 Å². The van der Waals surface area contributed by atoms with E-state index in [4.69, 9.17) is 0 Å². The van der Waals surface area contributed by atoms with Gasteiger partial charge in [-0.15, -0.1) is 52.6 Å². The summed E-state index contributed by atoms with van der Waals surface area (Å²) in [5.41, 5.74) is 0.